The molecule has 156 valence electrons. The first kappa shape index (κ1) is 22.3. The van der Waals surface area contributed by atoms with Gasteiger partial charge in [0.05, 0.1) is 30.1 Å². The molecule has 0 radical (unpaired) electrons. The van der Waals surface area contributed by atoms with Gasteiger partial charge in [-0.1, -0.05) is 19.9 Å². The van der Waals surface area contributed by atoms with Crippen LogP contribution in [0.5, 0.6) is 0 Å². The molecule has 3 N–H and O–H groups in total. The summed E-state index contributed by atoms with van der Waals surface area (Å²) in [7, 11) is 0. The fourth-order valence-electron chi connectivity index (χ4n) is 2.96. The molecule has 1 amide bonds. The second-order valence-corrected chi connectivity index (χ2v) is 5.97. The quantitative estimate of drug-likeness (QED) is 0.412. The Morgan fingerprint density at radius 1 is 1.31 bits per heavy atom. The zero-order valence-electron chi connectivity index (χ0n) is 17.1. The molecule has 0 unspecified atom stereocenters. The standard InChI is InChI=1S/C19H21FN4O3.C2H6/c1-3-24-16-6-7-21-11-13(16)17(18(24)19(26)23-27-9-8-25)22-15-5-4-12(2)10-14(15)20;1-2/h4-7,10-11,22,25H,3,8-9H2,1-2H3,(H,23,26);1-2H3. The second-order valence-electron chi connectivity index (χ2n) is 5.97. The topological polar surface area (TPSA) is 88.4 Å². The van der Waals surface area contributed by atoms with Crippen molar-refractivity contribution < 1.29 is 19.1 Å². The molecule has 0 aliphatic heterocycles. The molecule has 7 nitrogen and oxygen atoms in total. The number of anilines is 2. The van der Waals surface area contributed by atoms with Gasteiger partial charge in [0.25, 0.3) is 5.91 Å². The van der Waals surface area contributed by atoms with Gasteiger partial charge in [-0.3, -0.25) is 14.6 Å². The van der Waals surface area contributed by atoms with E-state index in [0.717, 1.165) is 11.1 Å². The highest BCUT2D eigenvalue weighted by molar-refractivity contribution is 6.09. The molecule has 3 aromatic rings. The number of hydrogen-bond acceptors (Lipinski definition) is 5. The van der Waals surface area contributed by atoms with E-state index in [1.807, 2.05) is 20.8 Å². The molecule has 1 aromatic carbocycles. The largest absolute Gasteiger partial charge is 0.394 e. The minimum atomic E-state index is -0.503. The first-order valence-corrected chi connectivity index (χ1v) is 9.59. The van der Waals surface area contributed by atoms with E-state index in [1.165, 1.54) is 6.07 Å². The number of aryl methyl sites for hydroxylation is 2. The number of aromatic nitrogens is 2. The van der Waals surface area contributed by atoms with Gasteiger partial charge in [-0.15, -0.1) is 0 Å². The Balaban J connectivity index is 0.00000145. The highest BCUT2D eigenvalue weighted by atomic mass is 19.1. The molecule has 29 heavy (non-hydrogen) atoms. The molecular formula is C21H27FN4O3. The van der Waals surface area contributed by atoms with E-state index in [0.29, 0.717) is 23.3 Å². The first-order chi connectivity index (χ1) is 14.1. The van der Waals surface area contributed by atoms with Crippen LogP contribution in [0.15, 0.2) is 36.7 Å². The number of benzene rings is 1. The Labute approximate surface area is 169 Å². The lowest BCUT2D eigenvalue weighted by atomic mass is 10.2. The van der Waals surface area contributed by atoms with Gasteiger partial charge in [0.15, 0.2) is 0 Å². The molecule has 0 saturated heterocycles. The SMILES string of the molecule is CC.CCn1c(C(=O)NOCCO)c(Nc2ccc(C)cc2F)c2cnccc21. The number of carbonyl (C=O) groups excluding carboxylic acids is 1. The van der Waals surface area contributed by atoms with Crippen molar-refractivity contribution >= 4 is 28.2 Å². The minimum Gasteiger partial charge on any atom is -0.394 e. The average Bonchev–Trinajstić information content (AvgIpc) is 3.05. The van der Waals surface area contributed by atoms with Crippen LogP contribution in [-0.4, -0.2) is 33.8 Å². The molecule has 2 heterocycles. The summed E-state index contributed by atoms with van der Waals surface area (Å²) in [5, 5.41) is 12.5. The Morgan fingerprint density at radius 3 is 2.72 bits per heavy atom. The highest BCUT2D eigenvalue weighted by Crippen LogP contribution is 2.34. The summed E-state index contributed by atoms with van der Waals surface area (Å²) in [6, 6.07) is 6.62. The van der Waals surface area contributed by atoms with Crippen LogP contribution in [0, 0.1) is 12.7 Å². The number of aliphatic hydroxyl groups excluding tert-OH is 1. The zero-order valence-corrected chi connectivity index (χ0v) is 17.1. The number of nitrogens with zero attached hydrogens (tertiary/aromatic N) is 2. The van der Waals surface area contributed by atoms with Gasteiger partial charge in [-0.2, -0.15) is 0 Å². The Hall–Kier alpha value is -2.97. The van der Waals surface area contributed by atoms with E-state index in [9.17, 15) is 9.18 Å². The van der Waals surface area contributed by atoms with Crippen molar-refractivity contribution in [2.75, 3.05) is 18.5 Å². The minimum absolute atomic E-state index is 0.0327. The third-order valence-corrected chi connectivity index (χ3v) is 4.14. The maximum absolute atomic E-state index is 14.4. The molecule has 0 aliphatic carbocycles. The van der Waals surface area contributed by atoms with Gasteiger partial charge in [0, 0.05) is 24.3 Å². The number of amides is 1. The molecular weight excluding hydrogens is 375 g/mol. The summed E-state index contributed by atoms with van der Waals surface area (Å²) >= 11 is 0. The lowest BCUT2D eigenvalue weighted by Crippen LogP contribution is -2.28. The monoisotopic (exact) mass is 402 g/mol. The molecule has 0 aliphatic rings. The van der Waals surface area contributed by atoms with E-state index in [-0.39, 0.29) is 18.9 Å². The van der Waals surface area contributed by atoms with Crippen LogP contribution in [0.3, 0.4) is 0 Å². The normalized spacial score (nSPS) is 10.4. The first-order valence-electron chi connectivity index (χ1n) is 9.59. The zero-order chi connectivity index (χ0) is 21.4. The fourth-order valence-corrected chi connectivity index (χ4v) is 2.96. The molecule has 3 rings (SSSR count). The van der Waals surface area contributed by atoms with Crippen LogP contribution in [0.1, 0.15) is 36.8 Å². The molecule has 0 fully saturated rings. The number of fused-ring (bicyclic) bond motifs is 1. The van der Waals surface area contributed by atoms with E-state index in [2.05, 4.69) is 15.8 Å². The van der Waals surface area contributed by atoms with Gasteiger partial charge >= 0.3 is 0 Å². The predicted octanol–water partition coefficient (Wildman–Crippen LogP) is 3.93. The second kappa shape index (κ2) is 10.5. The van der Waals surface area contributed by atoms with Crippen molar-refractivity contribution in [2.24, 2.45) is 0 Å². The molecule has 8 heteroatoms. The number of hydrogen-bond donors (Lipinski definition) is 3. The van der Waals surface area contributed by atoms with Crippen molar-refractivity contribution in [2.45, 2.75) is 34.2 Å². The lowest BCUT2D eigenvalue weighted by Gasteiger charge is -2.12. The van der Waals surface area contributed by atoms with Gasteiger partial charge in [0.1, 0.15) is 11.5 Å². The predicted molar refractivity (Wildman–Crippen MR) is 112 cm³/mol. The maximum atomic E-state index is 14.4. The Morgan fingerprint density at radius 2 is 2.07 bits per heavy atom. The van der Waals surface area contributed by atoms with Crippen molar-refractivity contribution in [3.05, 3.63) is 53.7 Å². The fraction of sp³-hybridized carbons (Fsp3) is 0.333. The highest BCUT2D eigenvalue weighted by Gasteiger charge is 2.23. The summed E-state index contributed by atoms with van der Waals surface area (Å²) in [5.41, 5.74) is 4.88. The number of nitrogens with one attached hydrogen (secondary N) is 2. The van der Waals surface area contributed by atoms with E-state index in [1.54, 1.807) is 42.1 Å². The number of aliphatic hydroxyl groups is 1. The molecule has 0 saturated carbocycles. The van der Waals surface area contributed by atoms with Crippen LogP contribution in [-0.2, 0) is 11.4 Å². The Bertz CT molecular complexity index is 972. The maximum Gasteiger partial charge on any atom is 0.293 e. The van der Waals surface area contributed by atoms with Gasteiger partial charge in [0.2, 0.25) is 0 Å². The lowest BCUT2D eigenvalue weighted by molar-refractivity contribution is 0.0163. The van der Waals surface area contributed by atoms with E-state index >= 15 is 0 Å². The Kier molecular flexibility index (Phi) is 8.11. The van der Waals surface area contributed by atoms with Crippen molar-refractivity contribution in [3.63, 3.8) is 0 Å². The summed E-state index contributed by atoms with van der Waals surface area (Å²) in [6.45, 7) is 7.97. The number of halogens is 1. The molecule has 2 aromatic heterocycles. The van der Waals surface area contributed by atoms with Gasteiger partial charge in [-0.25, -0.2) is 9.87 Å². The van der Waals surface area contributed by atoms with Crippen LogP contribution in [0.4, 0.5) is 15.8 Å². The van der Waals surface area contributed by atoms with Crippen LogP contribution >= 0.6 is 0 Å². The van der Waals surface area contributed by atoms with Crippen LogP contribution < -0.4 is 10.8 Å². The summed E-state index contributed by atoms with van der Waals surface area (Å²) < 4.78 is 16.2. The smallest absolute Gasteiger partial charge is 0.293 e. The number of pyridine rings is 1. The molecule has 0 atom stereocenters. The van der Waals surface area contributed by atoms with Crippen LogP contribution in [0.2, 0.25) is 0 Å². The molecule has 0 bridgehead atoms. The third-order valence-electron chi connectivity index (χ3n) is 4.14. The third kappa shape index (κ3) is 4.90. The van der Waals surface area contributed by atoms with Crippen molar-refractivity contribution in [1.29, 1.82) is 0 Å². The van der Waals surface area contributed by atoms with E-state index < -0.39 is 11.7 Å². The number of hydroxylamine groups is 1. The number of rotatable bonds is 7. The summed E-state index contributed by atoms with van der Waals surface area (Å²) in [6.07, 6.45) is 3.26. The average molecular weight is 402 g/mol. The van der Waals surface area contributed by atoms with Crippen molar-refractivity contribution in [3.8, 4) is 0 Å². The number of carbonyl (C=O) groups is 1. The van der Waals surface area contributed by atoms with Crippen LogP contribution in [0.25, 0.3) is 10.9 Å². The van der Waals surface area contributed by atoms with Crippen molar-refractivity contribution in [1.82, 2.24) is 15.0 Å². The summed E-state index contributed by atoms with van der Waals surface area (Å²) in [5.74, 6) is -0.921. The van der Waals surface area contributed by atoms with E-state index in [4.69, 9.17) is 9.94 Å². The van der Waals surface area contributed by atoms with Gasteiger partial charge in [-0.05, 0) is 37.6 Å². The van der Waals surface area contributed by atoms with Gasteiger partial charge < -0.3 is 15.0 Å². The molecule has 0 spiro atoms. The summed E-state index contributed by atoms with van der Waals surface area (Å²) in [4.78, 5) is 21.8.